The number of amides is 3. The molecular weight excluding hydrogens is 364 g/mol. The molecule has 10 nitrogen and oxygen atoms in total. The first-order valence-corrected chi connectivity index (χ1v) is 8.97. The molecule has 28 heavy (non-hydrogen) atoms. The molecule has 2 aromatic rings. The molecule has 0 saturated carbocycles. The maximum absolute atomic E-state index is 12.5. The first kappa shape index (κ1) is 18.1. The lowest BCUT2D eigenvalue weighted by molar-refractivity contribution is -0.115. The van der Waals surface area contributed by atoms with E-state index < -0.39 is 0 Å². The van der Waals surface area contributed by atoms with Crippen LogP contribution in [0.1, 0.15) is 16.8 Å². The number of hydrogen-bond donors (Lipinski definition) is 3. The minimum absolute atomic E-state index is 0.178. The van der Waals surface area contributed by atoms with Crippen LogP contribution < -0.4 is 20.2 Å². The number of fused-ring (bicyclic) bond motifs is 2. The zero-order valence-electron chi connectivity index (χ0n) is 15.7. The summed E-state index contributed by atoms with van der Waals surface area (Å²) in [6.45, 7) is 1.33. The number of ether oxygens (including phenoxy) is 2. The standard InChI is InChI=1S/C18H22N6O4/c1-23(2)18(26)22-24-6-5-13-12(9-24)17(21-20-13)19-16(25)8-11-3-4-14-15(7-11)28-10-27-14/h3-4,7H,5-6,8-10H2,1-2H3,(H,22,26)(H2,19,20,21,25). The predicted octanol–water partition coefficient (Wildman–Crippen LogP) is 0.864. The highest BCUT2D eigenvalue weighted by Gasteiger charge is 2.24. The van der Waals surface area contributed by atoms with Gasteiger partial charge in [-0.1, -0.05) is 6.07 Å². The lowest BCUT2D eigenvalue weighted by Crippen LogP contribution is -2.48. The second-order valence-electron chi connectivity index (χ2n) is 6.92. The van der Waals surface area contributed by atoms with Crippen molar-refractivity contribution in [2.24, 2.45) is 0 Å². The van der Waals surface area contributed by atoms with E-state index >= 15 is 0 Å². The number of nitrogens with zero attached hydrogens (tertiary/aromatic N) is 3. The molecule has 0 radical (unpaired) electrons. The Morgan fingerprint density at radius 2 is 2.11 bits per heavy atom. The van der Waals surface area contributed by atoms with Crippen LogP contribution >= 0.6 is 0 Å². The average molecular weight is 386 g/mol. The minimum Gasteiger partial charge on any atom is -0.454 e. The average Bonchev–Trinajstić information content (AvgIpc) is 3.28. The summed E-state index contributed by atoms with van der Waals surface area (Å²) in [6, 6.07) is 5.25. The Hall–Kier alpha value is -3.27. The molecule has 0 fully saturated rings. The Morgan fingerprint density at radius 3 is 2.93 bits per heavy atom. The molecule has 3 amide bonds. The Morgan fingerprint density at radius 1 is 1.29 bits per heavy atom. The quantitative estimate of drug-likeness (QED) is 0.719. The third kappa shape index (κ3) is 3.72. The minimum atomic E-state index is -0.194. The van der Waals surface area contributed by atoms with Gasteiger partial charge < -0.3 is 19.7 Å². The van der Waals surface area contributed by atoms with Gasteiger partial charge in [0, 0.05) is 44.9 Å². The van der Waals surface area contributed by atoms with Gasteiger partial charge >= 0.3 is 6.03 Å². The molecule has 0 unspecified atom stereocenters. The summed E-state index contributed by atoms with van der Waals surface area (Å²) >= 11 is 0. The normalized spacial score (nSPS) is 15.1. The molecule has 2 aliphatic heterocycles. The number of carbonyl (C=O) groups excluding carboxylic acids is 2. The van der Waals surface area contributed by atoms with E-state index in [2.05, 4.69) is 20.9 Å². The van der Waals surface area contributed by atoms with Gasteiger partial charge in [0.05, 0.1) is 6.42 Å². The molecule has 10 heteroatoms. The van der Waals surface area contributed by atoms with Crippen molar-refractivity contribution in [2.45, 2.75) is 19.4 Å². The van der Waals surface area contributed by atoms with Crippen LogP contribution in [0.2, 0.25) is 0 Å². The van der Waals surface area contributed by atoms with Gasteiger partial charge in [0.25, 0.3) is 0 Å². The second kappa shape index (κ2) is 7.39. The molecule has 2 aliphatic rings. The molecule has 0 spiro atoms. The maximum atomic E-state index is 12.5. The largest absolute Gasteiger partial charge is 0.454 e. The van der Waals surface area contributed by atoms with E-state index in [1.54, 1.807) is 26.2 Å². The number of anilines is 1. The summed E-state index contributed by atoms with van der Waals surface area (Å²) < 4.78 is 10.6. The summed E-state index contributed by atoms with van der Waals surface area (Å²) in [5, 5.41) is 11.9. The number of H-pyrrole nitrogens is 1. The molecule has 0 bridgehead atoms. The molecule has 1 aromatic heterocycles. The fraction of sp³-hybridized carbons (Fsp3) is 0.389. The van der Waals surface area contributed by atoms with E-state index in [0.29, 0.717) is 36.8 Å². The lowest BCUT2D eigenvalue weighted by atomic mass is 10.1. The van der Waals surface area contributed by atoms with Gasteiger partial charge in [-0.15, -0.1) is 0 Å². The molecule has 148 valence electrons. The third-order valence-electron chi connectivity index (χ3n) is 4.65. The molecule has 3 heterocycles. The summed E-state index contributed by atoms with van der Waals surface area (Å²) in [7, 11) is 3.37. The van der Waals surface area contributed by atoms with Gasteiger partial charge in [0.2, 0.25) is 12.7 Å². The van der Waals surface area contributed by atoms with Gasteiger partial charge in [0.15, 0.2) is 17.3 Å². The molecule has 3 N–H and O–H groups in total. The highest BCUT2D eigenvalue weighted by molar-refractivity contribution is 5.92. The van der Waals surface area contributed by atoms with Crippen LogP contribution in [0.3, 0.4) is 0 Å². The van der Waals surface area contributed by atoms with E-state index in [4.69, 9.17) is 9.47 Å². The first-order valence-electron chi connectivity index (χ1n) is 8.97. The first-order chi connectivity index (χ1) is 13.5. The fourth-order valence-corrected chi connectivity index (χ4v) is 3.14. The summed E-state index contributed by atoms with van der Waals surface area (Å²) in [4.78, 5) is 25.8. The number of hydrogen-bond acceptors (Lipinski definition) is 6. The highest BCUT2D eigenvalue weighted by atomic mass is 16.7. The topological polar surface area (TPSA) is 112 Å². The van der Waals surface area contributed by atoms with Crippen LogP contribution in [0.5, 0.6) is 11.5 Å². The summed E-state index contributed by atoms with van der Waals surface area (Å²) in [5.41, 5.74) is 5.50. The van der Waals surface area contributed by atoms with Crippen LogP contribution in [0.4, 0.5) is 10.6 Å². The predicted molar refractivity (Wildman–Crippen MR) is 99.8 cm³/mol. The number of hydrazine groups is 1. The van der Waals surface area contributed by atoms with Gasteiger partial charge in [-0.3, -0.25) is 15.3 Å². The smallest absolute Gasteiger partial charge is 0.331 e. The Labute approximate surface area is 161 Å². The van der Waals surface area contributed by atoms with Gasteiger partial charge in [0.1, 0.15) is 0 Å². The van der Waals surface area contributed by atoms with Crippen molar-refractivity contribution in [3.05, 3.63) is 35.0 Å². The number of benzene rings is 1. The highest BCUT2D eigenvalue weighted by Crippen LogP contribution is 2.32. The molecular formula is C18H22N6O4. The maximum Gasteiger partial charge on any atom is 0.331 e. The van der Waals surface area contributed by atoms with E-state index in [9.17, 15) is 9.59 Å². The van der Waals surface area contributed by atoms with Crippen molar-refractivity contribution in [1.82, 2.24) is 25.5 Å². The van der Waals surface area contributed by atoms with E-state index in [1.807, 2.05) is 11.1 Å². The van der Waals surface area contributed by atoms with Crippen molar-refractivity contribution >= 4 is 17.8 Å². The van der Waals surface area contributed by atoms with Crippen molar-refractivity contribution in [2.75, 3.05) is 32.7 Å². The Bertz CT molecular complexity index is 909. The van der Waals surface area contributed by atoms with Crippen molar-refractivity contribution in [1.29, 1.82) is 0 Å². The van der Waals surface area contributed by atoms with Gasteiger partial charge in [-0.2, -0.15) is 5.10 Å². The van der Waals surface area contributed by atoms with Crippen LogP contribution in [-0.2, 0) is 24.2 Å². The number of aromatic nitrogens is 2. The molecule has 0 saturated heterocycles. The zero-order valence-corrected chi connectivity index (χ0v) is 15.7. The fourth-order valence-electron chi connectivity index (χ4n) is 3.14. The number of nitrogens with one attached hydrogen (secondary N) is 3. The third-order valence-corrected chi connectivity index (χ3v) is 4.65. The van der Waals surface area contributed by atoms with Crippen LogP contribution in [0.25, 0.3) is 0 Å². The Kier molecular flexibility index (Phi) is 4.78. The Balaban J connectivity index is 1.40. The SMILES string of the molecule is CN(C)C(=O)NN1CCc2[nH]nc(NC(=O)Cc3ccc4c(c3)OCO4)c2C1. The number of urea groups is 1. The zero-order chi connectivity index (χ0) is 19.7. The number of rotatable bonds is 4. The lowest BCUT2D eigenvalue weighted by Gasteiger charge is -2.28. The monoisotopic (exact) mass is 386 g/mol. The molecule has 0 atom stereocenters. The van der Waals surface area contributed by atoms with Crippen molar-refractivity contribution in [3.8, 4) is 11.5 Å². The molecule has 1 aromatic carbocycles. The second-order valence-corrected chi connectivity index (χ2v) is 6.92. The summed E-state index contributed by atoms with van der Waals surface area (Å²) in [5.74, 6) is 1.65. The van der Waals surface area contributed by atoms with Crippen LogP contribution in [-0.4, -0.2) is 59.5 Å². The van der Waals surface area contributed by atoms with Crippen LogP contribution in [0.15, 0.2) is 18.2 Å². The van der Waals surface area contributed by atoms with Gasteiger partial charge in [-0.05, 0) is 17.7 Å². The van der Waals surface area contributed by atoms with E-state index in [1.165, 1.54) is 4.90 Å². The molecule has 4 rings (SSSR count). The molecule has 0 aliphatic carbocycles. The van der Waals surface area contributed by atoms with Crippen LogP contribution in [0, 0.1) is 0 Å². The number of carbonyl (C=O) groups is 2. The van der Waals surface area contributed by atoms with Crippen molar-refractivity contribution < 1.29 is 19.1 Å². The number of aromatic amines is 1. The van der Waals surface area contributed by atoms with E-state index in [0.717, 1.165) is 16.8 Å². The van der Waals surface area contributed by atoms with E-state index in [-0.39, 0.29) is 25.2 Å². The van der Waals surface area contributed by atoms with Gasteiger partial charge in [-0.25, -0.2) is 9.80 Å². The van der Waals surface area contributed by atoms with Crippen molar-refractivity contribution in [3.63, 3.8) is 0 Å². The summed E-state index contributed by atoms with van der Waals surface area (Å²) in [6.07, 6.45) is 0.896.